The number of sulfone groups is 1. The molecule has 0 aromatic heterocycles. The molecular weight excluding hydrogens is 184 g/mol. The first kappa shape index (κ1) is 10.3. The Bertz CT molecular complexity index is 362. The summed E-state index contributed by atoms with van der Waals surface area (Å²) in [7, 11) is -3.13. The van der Waals surface area contributed by atoms with Gasteiger partial charge in [-0.05, 0) is 31.0 Å². The van der Waals surface area contributed by atoms with Crippen molar-refractivity contribution in [2.24, 2.45) is 0 Å². The largest absolute Gasteiger partial charge is 0.224 e. The van der Waals surface area contributed by atoms with E-state index in [2.05, 4.69) is 6.92 Å². The van der Waals surface area contributed by atoms with Crippen LogP contribution >= 0.6 is 0 Å². The maximum absolute atomic E-state index is 11.3. The van der Waals surface area contributed by atoms with E-state index in [1.807, 2.05) is 19.1 Å². The number of rotatable bonds is 3. The van der Waals surface area contributed by atoms with Gasteiger partial charge in [0, 0.05) is 0 Å². The lowest BCUT2D eigenvalue weighted by atomic mass is 10.2. The highest BCUT2D eigenvalue weighted by Gasteiger charge is 2.09. The minimum Gasteiger partial charge on any atom is -0.224 e. The SMILES string of the molecule is [CH2]CS(=O)(=O)c1ccc(CC)cc1. The average molecular weight is 197 g/mol. The van der Waals surface area contributed by atoms with Crippen LogP contribution in [0.1, 0.15) is 12.5 Å². The molecule has 0 bridgehead atoms. The van der Waals surface area contributed by atoms with E-state index in [0.29, 0.717) is 4.90 Å². The molecule has 0 unspecified atom stereocenters. The van der Waals surface area contributed by atoms with Crippen molar-refractivity contribution in [1.82, 2.24) is 0 Å². The van der Waals surface area contributed by atoms with E-state index < -0.39 is 9.84 Å². The van der Waals surface area contributed by atoms with Crippen molar-refractivity contribution in [2.45, 2.75) is 18.2 Å². The van der Waals surface area contributed by atoms with Gasteiger partial charge < -0.3 is 0 Å². The number of benzene rings is 1. The van der Waals surface area contributed by atoms with E-state index in [1.54, 1.807) is 12.1 Å². The summed E-state index contributed by atoms with van der Waals surface area (Å²) in [5.41, 5.74) is 1.14. The summed E-state index contributed by atoms with van der Waals surface area (Å²) in [5, 5.41) is 0. The van der Waals surface area contributed by atoms with Gasteiger partial charge in [-0.25, -0.2) is 8.42 Å². The highest BCUT2D eigenvalue weighted by molar-refractivity contribution is 7.91. The van der Waals surface area contributed by atoms with Crippen LogP contribution in [0.4, 0.5) is 0 Å². The Morgan fingerprint density at radius 2 is 1.77 bits per heavy atom. The molecule has 1 rings (SSSR count). The molecule has 3 heteroatoms. The number of hydrogen-bond acceptors (Lipinski definition) is 2. The molecule has 0 spiro atoms. The predicted molar refractivity (Wildman–Crippen MR) is 53.2 cm³/mol. The second kappa shape index (κ2) is 3.92. The van der Waals surface area contributed by atoms with E-state index in [0.717, 1.165) is 12.0 Å². The van der Waals surface area contributed by atoms with Gasteiger partial charge in [0.15, 0.2) is 9.84 Å². The lowest BCUT2D eigenvalue weighted by Gasteiger charge is -2.01. The van der Waals surface area contributed by atoms with Crippen molar-refractivity contribution in [1.29, 1.82) is 0 Å². The Morgan fingerprint density at radius 3 is 2.15 bits per heavy atom. The van der Waals surface area contributed by atoms with Gasteiger partial charge in [-0.1, -0.05) is 19.1 Å². The summed E-state index contributed by atoms with van der Waals surface area (Å²) in [5.74, 6) is -0.0848. The van der Waals surface area contributed by atoms with E-state index in [9.17, 15) is 8.42 Å². The smallest absolute Gasteiger partial charge is 0.178 e. The summed E-state index contributed by atoms with van der Waals surface area (Å²) >= 11 is 0. The molecule has 0 atom stereocenters. The van der Waals surface area contributed by atoms with Gasteiger partial charge in [-0.15, -0.1) is 0 Å². The first-order chi connectivity index (χ1) is 6.10. The van der Waals surface area contributed by atoms with Gasteiger partial charge in [-0.3, -0.25) is 0 Å². The first-order valence-corrected chi connectivity index (χ1v) is 5.86. The molecule has 0 heterocycles. The monoisotopic (exact) mass is 197 g/mol. The van der Waals surface area contributed by atoms with Crippen LogP contribution in [0.5, 0.6) is 0 Å². The minimum absolute atomic E-state index is 0.0848. The van der Waals surface area contributed by atoms with Crippen LogP contribution in [0.25, 0.3) is 0 Å². The molecule has 0 N–H and O–H groups in total. The lowest BCUT2D eigenvalue weighted by Crippen LogP contribution is -2.03. The van der Waals surface area contributed by atoms with E-state index in [-0.39, 0.29) is 5.75 Å². The third-order valence-electron chi connectivity index (χ3n) is 1.96. The van der Waals surface area contributed by atoms with Crippen molar-refractivity contribution < 1.29 is 8.42 Å². The standard InChI is InChI=1S/C10H13O2S/c1-3-9-5-7-10(8-6-9)13(11,12)4-2/h5-8H,2-4H2,1H3. The van der Waals surface area contributed by atoms with Crippen LogP contribution < -0.4 is 0 Å². The molecule has 0 saturated heterocycles. The topological polar surface area (TPSA) is 34.1 Å². The predicted octanol–water partition coefficient (Wildman–Crippen LogP) is 1.86. The molecule has 0 amide bonds. The van der Waals surface area contributed by atoms with Crippen LogP contribution in [-0.4, -0.2) is 14.2 Å². The lowest BCUT2D eigenvalue weighted by molar-refractivity contribution is 0.599. The fourth-order valence-electron chi connectivity index (χ4n) is 1.05. The van der Waals surface area contributed by atoms with Gasteiger partial charge in [-0.2, -0.15) is 0 Å². The zero-order chi connectivity index (χ0) is 9.90. The second-order valence-corrected chi connectivity index (χ2v) is 4.93. The van der Waals surface area contributed by atoms with E-state index >= 15 is 0 Å². The molecule has 0 fully saturated rings. The fraction of sp³-hybridized carbons (Fsp3) is 0.300. The Labute approximate surface area is 79.5 Å². The quantitative estimate of drug-likeness (QED) is 0.741. The van der Waals surface area contributed by atoms with Crippen molar-refractivity contribution in [3.63, 3.8) is 0 Å². The molecule has 1 aromatic carbocycles. The number of aryl methyl sites for hydroxylation is 1. The molecule has 0 aliphatic heterocycles. The molecule has 0 aliphatic rings. The molecule has 13 heavy (non-hydrogen) atoms. The fourth-order valence-corrected chi connectivity index (χ4v) is 1.84. The highest BCUT2D eigenvalue weighted by Crippen LogP contribution is 2.12. The van der Waals surface area contributed by atoms with Crippen LogP contribution in [-0.2, 0) is 16.3 Å². The second-order valence-electron chi connectivity index (χ2n) is 2.82. The molecule has 0 aliphatic carbocycles. The first-order valence-electron chi connectivity index (χ1n) is 4.21. The maximum Gasteiger partial charge on any atom is 0.178 e. The molecule has 1 aromatic rings. The summed E-state index contributed by atoms with van der Waals surface area (Å²) < 4.78 is 22.7. The van der Waals surface area contributed by atoms with Crippen LogP contribution in [0, 0.1) is 6.92 Å². The van der Waals surface area contributed by atoms with Crippen LogP contribution in [0.3, 0.4) is 0 Å². The molecule has 0 saturated carbocycles. The molecular formula is C10H13O2S. The summed E-state index contributed by atoms with van der Waals surface area (Å²) in [4.78, 5) is 0.361. The third-order valence-corrected chi connectivity index (χ3v) is 3.49. The van der Waals surface area contributed by atoms with Crippen molar-refractivity contribution in [3.05, 3.63) is 36.8 Å². The van der Waals surface area contributed by atoms with Crippen molar-refractivity contribution in [3.8, 4) is 0 Å². The van der Waals surface area contributed by atoms with Crippen molar-refractivity contribution in [2.75, 3.05) is 5.75 Å². The highest BCUT2D eigenvalue weighted by atomic mass is 32.2. The van der Waals surface area contributed by atoms with Crippen LogP contribution in [0.2, 0.25) is 0 Å². The van der Waals surface area contributed by atoms with E-state index in [1.165, 1.54) is 0 Å². The third kappa shape index (κ3) is 2.31. The summed E-state index contributed by atoms with van der Waals surface area (Å²) in [6, 6.07) is 6.95. The number of hydrogen-bond donors (Lipinski definition) is 0. The van der Waals surface area contributed by atoms with Crippen molar-refractivity contribution >= 4 is 9.84 Å². The summed E-state index contributed by atoms with van der Waals surface area (Å²) in [6.45, 7) is 5.42. The van der Waals surface area contributed by atoms with Gasteiger partial charge in [0.05, 0.1) is 10.6 Å². The Hall–Kier alpha value is -0.830. The maximum atomic E-state index is 11.3. The minimum atomic E-state index is -3.13. The normalized spacial score (nSPS) is 11.5. The zero-order valence-electron chi connectivity index (χ0n) is 7.66. The molecule has 1 radical (unpaired) electrons. The van der Waals surface area contributed by atoms with Gasteiger partial charge in [0.25, 0.3) is 0 Å². The van der Waals surface area contributed by atoms with Gasteiger partial charge in [0.1, 0.15) is 0 Å². The van der Waals surface area contributed by atoms with Gasteiger partial charge in [0.2, 0.25) is 0 Å². The Morgan fingerprint density at radius 1 is 1.23 bits per heavy atom. The molecule has 2 nitrogen and oxygen atoms in total. The van der Waals surface area contributed by atoms with Gasteiger partial charge >= 0.3 is 0 Å². The van der Waals surface area contributed by atoms with Crippen LogP contribution in [0.15, 0.2) is 29.2 Å². The zero-order valence-corrected chi connectivity index (χ0v) is 8.47. The summed E-state index contributed by atoms with van der Waals surface area (Å²) in [6.07, 6.45) is 0.921. The van der Waals surface area contributed by atoms with E-state index in [4.69, 9.17) is 0 Å². The Kier molecular flexibility index (Phi) is 3.09. The average Bonchev–Trinajstić information content (AvgIpc) is 2.18. The Balaban J connectivity index is 3.06. The molecule has 71 valence electrons.